The van der Waals surface area contributed by atoms with Gasteiger partial charge >= 0.3 is 5.97 Å². The van der Waals surface area contributed by atoms with E-state index in [1.54, 1.807) is 0 Å². The van der Waals surface area contributed by atoms with E-state index in [1.807, 2.05) is 0 Å². The summed E-state index contributed by atoms with van der Waals surface area (Å²) in [6, 6.07) is 1.50. The van der Waals surface area contributed by atoms with Crippen molar-refractivity contribution in [2.24, 2.45) is 0 Å². The van der Waals surface area contributed by atoms with Crippen molar-refractivity contribution in [2.75, 3.05) is 7.11 Å². The summed E-state index contributed by atoms with van der Waals surface area (Å²) < 4.78 is 30.0. The van der Waals surface area contributed by atoms with E-state index in [0.29, 0.717) is 5.56 Å². The summed E-state index contributed by atoms with van der Waals surface area (Å²) in [5.74, 6) is -0.489. The molecular formula is C10H9BrClF2NO2. The van der Waals surface area contributed by atoms with E-state index < -0.39 is 18.1 Å². The third-order valence-electron chi connectivity index (χ3n) is 2.02. The molecule has 17 heavy (non-hydrogen) atoms. The highest BCUT2D eigenvalue weighted by molar-refractivity contribution is 9.10. The predicted molar refractivity (Wildman–Crippen MR) is 62.2 cm³/mol. The van der Waals surface area contributed by atoms with Crippen LogP contribution in [0.1, 0.15) is 23.4 Å². The maximum absolute atomic E-state index is 12.7. The van der Waals surface area contributed by atoms with Crippen molar-refractivity contribution in [3.8, 4) is 0 Å². The lowest BCUT2D eigenvalue weighted by molar-refractivity contribution is -0.139. The van der Waals surface area contributed by atoms with Crippen molar-refractivity contribution in [3.05, 3.63) is 27.5 Å². The summed E-state index contributed by atoms with van der Waals surface area (Å²) >= 11 is 8.65. The Bertz CT molecular complexity index is 429. The number of methoxy groups -OCH3 is 1. The molecule has 0 N–H and O–H groups in total. The van der Waals surface area contributed by atoms with Crippen LogP contribution in [0.15, 0.2) is 10.5 Å². The second-order valence-corrected chi connectivity index (χ2v) is 4.22. The second kappa shape index (κ2) is 6.26. The quantitative estimate of drug-likeness (QED) is 0.629. The third-order valence-corrected chi connectivity index (χ3v) is 3.22. The highest BCUT2D eigenvalue weighted by atomic mass is 79.9. The van der Waals surface area contributed by atoms with Gasteiger partial charge in [0.25, 0.3) is 6.43 Å². The van der Waals surface area contributed by atoms with Gasteiger partial charge in [0.1, 0.15) is 5.69 Å². The minimum absolute atomic E-state index is 0.0526. The maximum Gasteiger partial charge on any atom is 0.311 e. The summed E-state index contributed by atoms with van der Waals surface area (Å²) in [5.41, 5.74) is 0.268. The van der Waals surface area contributed by atoms with Crippen molar-refractivity contribution in [2.45, 2.75) is 18.7 Å². The average Bonchev–Trinajstić information content (AvgIpc) is 2.30. The Morgan fingerprint density at radius 3 is 2.76 bits per heavy atom. The fourth-order valence-corrected chi connectivity index (χ4v) is 2.11. The summed E-state index contributed by atoms with van der Waals surface area (Å²) in [7, 11) is 1.22. The smallest absolute Gasteiger partial charge is 0.311 e. The van der Waals surface area contributed by atoms with Crippen LogP contribution in [-0.2, 0) is 21.8 Å². The topological polar surface area (TPSA) is 39.2 Å². The van der Waals surface area contributed by atoms with Crippen molar-refractivity contribution in [3.63, 3.8) is 0 Å². The number of aromatic nitrogens is 1. The molecular weight excluding hydrogens is 319 g/mol. The molecule has 3 nitrogen and oxygen atoms in total. The number of esters is 1. The Labute approximate surface area is 110 Å². The Kier molecular flexibility index (Phi) is 5.27. The fraction of sp³-hybridized carbons (Fsp3) is 0.400. The van der Waals surface area contributed by atoms with Crippen LogP contribution in [0.25, 0.3) is 0 Å². The first-order valence-electron chi connectivity index (χ1n) is 4.58. The lowest BCUT2D eigenvalue weighted by Gasteiger charge is -2.09. The molecule has 0 aromatic carbocycles. The van der Waals surface area contributed by atoms with Crippen molar-refractivity contribution in [1.82, 2.24) is 4.98 Å². The van der Waals surface area contributed by atoms with Gasteiger partial charge in [-0.3, -0.25) is 9.78 Å². The zero-order valence-corrected chi connectivity index (χ0v) is 11.2. The van der Waals surface area contributed by atoms with Crippen LogP contribution in [0.4, 0.5) is 8.78 Å². The van der Waals surface area contributed by atoms with E-state index in [9.17, 15) is 13.6 Å². The van der Waals surface area contributed by atoms with Crippen molar-refractivity contribution in [1.29, 1.82) is 0 Å². The molecule has 0 saturated heterocycles. The second-order valence-electron chi connectivity index (χ2n) is 3.16. The number of hydrogen-bond acceptors (Lipinski definition) is 3. The summed E-state index contributed by atoms with van der Waals surface area (Å²) in [4.78, 5) is 14.8. The number of carbonyl (C=O) groups is 1. The normalized spacial score (nSPS) is 10.7. The van der Waals surface area contributed by atoms with Gasteiger partial charge in [0.2, 0.25) is 0 Å². The number of nitrogens with zero attached hydrogens (tertiary/aromatic N) is 1. The molecule has 0 atom stereocenters. The van der Waals surface area contributed by atoms with Gasteiger partial charge in [-0.25, -0.2) is 8.78 Å². The standard InChI is InChI=1S/C10H9BrClF2NO2/c1-17-7(16)3-6-2-5(4-12)8(11)9(15-6)10(13)14/h2,10H,3-4H2,1H3. The van der Waals surface area contributed by atoms with Gasteiger partial charge in [0.05, 0.1) is 19.2 Å². The van der Waals surface area contributed by atoms with Crippen molar-refractivity contribution < 1.29 is 18.3 Å². The molecule has 1 aromatic heterocycles. The van der Waals surface area contributed by atoms with Gasteiger partial charge in [-0.2, -0.15) is 0 Å². The Morgan fingerprint density at radius 2 is 2.29 bits per heavy atom. The molecule has 94 valence electrons. The van der Waals surface area contributed by atoms with Crippen LogP contribution < -0.4 is 0 Å². The molecule has 0 aliphatic heterocycles. The van der Waals surface area contributed by atoms with E-state index in [2.05, 4.69) is 25.7 Å². The van der Waals surface area contributed by atoms with Gasteiger partial charge in [-0.05, 0) is 27.6 Å². The molecule has 7 heteroatoms. The van der Waals surface area contributed by atoms with Crippen LogP contribution in [-0.4, -0.2) is 18.1 Å². The fourth-order valence-electron chi connectivity index (χ4n) is 1.22. The molecule has 0 unspecified atom stereocenters. The SMILES string of the molecule is COC(=O)Cc1cc(CCl)c(Br)c(C(F)F)n1. The summed E-state index contributed by atoms with van der Waals surface area (Å²) in [5, 5.41) is 0. The van der Waals surface area contributed by atoms with Gasteiger partial charge in [-0.1, -0.05) is 0 Å². The predicted octanol–water partition coefficient (Wildman–Crippen LogP) is 3.24. The van der Waals surface area contributed by atoms with Crippen LogP contribution >= 0.6 is 27.5 Å². The zero-order chi connectivity index (χ0) is 13.0. The van der Waals surface area contributed by atoms with Gasteiger partial charge in [-0.15, -0.1) is 11.6 Å². The Balaban J connectivity index is 3.15. The van der Waals surface area contributed by atoms with Crippen LogP contribution in [0, 0.1) is 0 Å². The largest absolute Gasteiger partial charge is 0.469 e. The maximum atomic E-state index is 12.7. The third kappa shape index (κ3) is 3.61. The van der Waals surface area contributed by atoms with Crippen molar-refractivity contribution >= 4 is 33.5 Å². The number of ether oxygens (including phenoxy) is 1. The highest BCUT2D eigenvalue weighted by Gasteiger charge is 2.19. The molecule has 1 rings (SSSR count). The zero-order valence-electron chi connectivity index (χ0n) is 8.84. The molecule has 0 aliphatic carbocycles. The first-order valence-corrected chi connectivity index (χ1v) is 5.91. The molecule has 0 bridgehead atoms. The number of pyridine rings is 1. The first-order chi connectivity index (χ1) is 7.99. The van der Waals surface area contributed by atoms with Crippen LogP contribution in [0.2, 0.25) is 0 Å². The van der Waals surface area contributed by atoms with Crippen LogP contribution in [0.5, 0.6) is 0 Å². The van der Waals surface area contributed by atoms with E-state index in [1.165, 1.54) is 13.2 Å². The number of carbonyl (C=O) groups excluding carboxylic acids is 1. The molecule has 0 amide bonds. The lowest BCUT2D eigenvalue weighted by atomic mass is 10.1. The van der Waals surface area contributed by atoms with Gasteiger partial charge in [0.15, 0.2) is 0 Å². The monoisotopic (exact) mass is 327 g/mol. The number of halogens is 4. The summed E-state index contributed by atoms with van der Waals surface area (Å²) in [6.45, 7) is 0. The average molecular weight is 329 g/mol. The molecule has 0 aliphatic rings. The first kappa shape index (κ1) is 14.3. The molecule has 0 fully saturated rings. The molecule has 0 radical (unpaired) electrons. The Hall–Kier alpha value is -0.750. The minimum Gasteiger partial charge on any atom is -0.469 e. The van der Waals surface area contributed by atoms with E-state index in [0.717, 1.165) is 0 Å². The van der Waals surface area contributed by atoms with Gasteiger partial charge in [0, 0.05) is 10.4 Å². The highest BCUT2D eigenvalue weighted by Crippen LogP contribution is 2.30. The summed E-state index contributed by atoms with van der Waals surface area (Å²) in [6.07, 6.45) is -2.89. The van der Waals surface area contributed by atoms with E-state index >= 15 is 0 Å². The van der Waals surface area contributed by atoms with Gasteiger partial charge < -0.3 is 4.74 Å². The molecule has 0 saturated carbocycles. The molecule has 1 aromatic rings. The number of hydrogen-bond donors (Lipinski definition) is 0. The molecule has 1 heterocycles. The minimum atomic E-state index is -2.73. The Morgan fingerprint density at radius 1 is 1.65 bits per heavy atom. The van der Waals surface area contributed by atoms with E-state index in [4.69, 9.17) is 11.6 Å². The number of alkyl halides is 3. The lowest BCUT2D eigenvalue weighted by Crippen LogP contribution is -2.09. The van der Waals surface area contributed by atoms with Crippen LogP contribution in [0.3, 0.4) is 0 Å². The molecule has 0 spiro atoms. The number of rotatable bonds is 4. The van der Waals surface area contributed by atoms with E-state index in [-0.39, 0.29) is 22.5 Å².